The highest BCUT2D eigenvalue weighted by molar-refractivity contribution is 5.85. The van der Waals surface area contributed by atoms with Gasteiger partial charge in [-0.25, -0.2) is 0 Å². The smallest absolute Gasteiger partial charge is 0.372 e. The second-order valence-electron chi connectivity index (χ2n) is 3.63. The van der Waals surface area contributed by atoms with E-state index in [1.807, 2.05) is 0 Å². The van der Waals surface area contributed by atoms with Gasteiger partial charge in [-0.05, 0) is 11.6 Å². The molecule has 1 aromatic rings. The van der Waals surface area contributed by atoms with Crippen molar-refractivity contribution in [1.29, 1.82) is 0 Å². The molecule has 0 amide bonds. The van der Waals surface area contributed by atoms with Crippen LogP contribution in [0.15, 0.2) is 29.3 Å². The zero-order valence-electron chi connectivity index (χ0n) is 8.51. The molecule has 0 atom stereocenters. The van der Waals surface area contributed by atoms with Crippen molar-refractivity contribution in [3.63, 3.8) is 0 Å². The van der Waals surface area contributed by atoms with Crippen LogP contribution in [0.5, 0.6) is 0 Å². The highest BCUT2D eigenvalue weighted by Gasteiger charge is 2.30. The largest absolute Gasteiger partial charge is 0.416 e. The van der Waals surface area contributed by atoms with Gasteiger partial charge in [0.05, 0.1) is 12.1 Å². The van der Waals surface area contributed by atoms with Gasteiger partial charge in [-0.1, -0.05) is 18.2 Å². The molecule has 1 aliphatic heterocycles. The van der Waals surface area contributed by atoms with Crippen LogP contribution in [0.1, 0.15) is 11.1 Å². The fraction of sp³-hybridized carbons (Fsp3) is 0.364. The number of nitrogens with zero attached hydrogens (tertiary/aromatic N) is 1. The maximum atomic E-state index is 12.4. The number of hydrogen-bond donors (Lipinski definition) is 1. The lowest BCUT2D eigenvalue weighted by Crippen LogP contribution is -2.20. The van der Waals surface area contributed by atoms with Crippen LogP contribution >= 0.6 is 0 Å². The summed E-state index contributed by atoms with van der Waals surface area (Å²) in [6, 6.07) is 5.35. The Kier molecular flexibility index (Phi) is 2.85. The normalized spacial score (nSPS) is 15.8. The van der Waals surface area contributed by atoms with Gasteiger partial charge in [0.1, 0.15) is 5.84 Å². The highest BCUT2D eigenvalue weighted by atomic mass is 19.4. The van der Waals surface area contributed by atoms with E-state index >= 15 is 0 Å². The number of aliphatic imine (C=N–C) groups is 1. The van der Waals surface area contributed by atoms with Gasteiger partial charge in [0.25, 0.3) is 0 Å². The van der Waals surface area contributed by atoms with E-state index in [-0.39, 0.29) is 0 Å². The number of halogens is 3. The van der Waals surface area contributed by atoms with Gasteiger partial charge in [0, 0.05) is 13.0 Å². The van der Waals surface area contributed by atoms with Gasteiger partial charge in [-0.2, -0.15) is 13.2 Å². The van der Waals surface area contributed by atoms with Crippen molar-refractivity contribution in [3.05, 3.63) is 35.4 Å². The molecule has 86 valence electrons. The maximum absolute atomic E-state index is 12.4. The Hall–Kier alpha value is -1.52. The number of benzene rings is 1. The molecule has 16 heavy (non-hydrogen) atoms. The summed E-state index contributed by atoms with van der Waals surface area (Å²) >= 11 is 0. The van der Waals surface area contributed by atoms with Crippen LogP contribution in [0.2, 0.25) is 0 Å². The topological polar surface area (TPSA) is 24.4 Å². The van der Waals surface area contributed by atoms with Crippen molar-refractivity contribution < 1.29 is 13.2 Å². The van der Waals surface area contributed by atoms with Crippen LogP contribution in [-0.2, 0) is 12.6 Å². The third-order valence-electron chi connectivity index (χ3n) is 2.37. The van der Waals surface area contributed by atoms with Gasteiger partial charge in [0.2, 0.25) is 0 Å². The van der Waals surface area contributed by atoms with E-state index in [9.17, 15) is 13.2 Å². The SMILES string of the molecule is FC(F)(F)c1cccc(CC2=NCCN2)c1. The Morgan fingerprint density at radius 3 is 2.75 bits per heavy atom. The van der Waals surface area contributed by atoms with Crippen molar-refractivity contribution in [3.8, 4) is 0 Å². The molecule has 0 unspecified atom stereocenters. The molecule has 0 saturated carbocycles. The Labute approximate surface area is 91.2 Å². The average molecular weight is 228 g/mol. The van der Waals surface area contributed by atoms with E-state index in [4.69, 9.17) is 0 Å². The average Bonchev–Trinajstić information content (AvgIpc) is 2.70. The fourth-order valence-electron chi connectivity index (χ4n) is 1.62. The summed E-state index contributed by atoms with van der Waals surface area (Å²) in [7, 11) is 0. The molecule has 2 nitrogen and oxygen atoms in total. The van der Waals surface area contributed by atoms with Crippen molar-refractivity contribution in [1.82, 2.24) is 5.32 Å². The van der Waals surface area contributed by atoms with Crippen molar-refractivity contribution in [2.75, 3.05) is 13.1 Å². The first-order valence-electron chi connectivity index (χ1n) is 4.99. The number of hydrogen-bond acceptors (Lipinski definition) is 2. The molecule has 0 spiro atoms. The minimum Gasteiger partial charge on any atom is -0.372 e. The minimum absolute atomic E-state index is 0.434. The second kappa shape index (κ2) is 4.15. The fourth-order valence-corrected chi connectivity index (χ4v) is 1.62. The molecule has 0 saturated heterocycles. The van der Waals surface area contributed by atoms with Gasteiger partial charge in [-0.15, -0.1) is 0 Å². The summed E-state index contributed by atoms with van der Waals surface area (Å²) in [4.78, 5) is 4.15. The summed E-state index contributed by atoms with van der Waals surface area (Å²) in [5, 5.41) is 3.03. The predicted octanol–water partition coefficient (Wildman–Crippen LogP) is 2.25. The molecule has 0 aromatic heterocycles. The summed E-state index contributed by atoms with van der Waals surface area (Å²) in [6.45, 7) is 1.47. The van der Waals surface area contributed by atoms with E-state index in [1.54, 1.807) is 6.07 Å². The number of alkyl halides is 3. The van der Waals surface area contributed by atoms with Crippen molar-refractivity contribution >= 4 is 5.84 Å². The summed E-state index contributed by atoms with van der Waals surface area (Å²) in [6.07, 6.45) is -3.84. The van der Waals surface area contributed by atoms with E-state index in [0.717, 1.165) is 18.4 Å². The Balaban J connectivity index is 2.16. The van der Waals surface area contributed by atoms with Crippen LogP contribution in [0.25, 0.3) is 0 Å². The summed E-state index contributed by atoms with van der Waals surface area (Å²) in [5.41, 5.74) is 0.0200. The molecule has 0 bridgehead atoms. The zero-order valence-corrected chi connectivity index (χ0v) is 8.51. The maximum Gasteiger partial charge on any atom is 0.416 e. The van der Waals surface area contributed by atoms with E-state index in [0.29, 0.717) is 18.5 Å². The molecule has 1 aliphatic rings. The predicted molar refractivity (Wildman–Crippen MR) is 55.5 cm³/mol. The summed E-state index contributed by atoms with van der Waals surface area (Å²) in [5.74, 6) is 0.763. The van der Waals surface area contributed by atoms with Crippen LogP contribution < -0.4 is 5.32 Å². The molecule has 0 radical (unpaired) electrons. The lowest BCUT2D eigenvalue weighted by atomic mass is 10.1. The molecule has 2 rings (SSSR count). The lowest BCUT2D eigenvalue weighted by Gasteiger charge is -2.08. The Bertz CT molecular complexity index is 410. The lowest BCUT2D eigenvalue weighted by molar-refractivity contribution is -0.137. The van der Waals surface area contributed by atoms with E-state index < -0.39 is 11.7 Å². The first kappa shape index (κ1) is 11.0. The highest BCUT2D eigenvalue weighted by Crippen LogP contribution is 2.29. The van der Waals surface area contributed by atoms with E-state index in [1.165, 1.54) is 12.1 Å². The number of amidine groups is 1. The molecule has 1 N–H and O–H groups in total. The first-order valence-corrected chi connectivity index (χ1v) is 4.99. The van der Waals surface area contributed by atoms with E-state index in [2.05, 4.69) is 10.3 Å². The quantitative estimate of drug-likeness (QED) is 0.824. The third kappa shape index (κ3) is 2.53. The van der Waals surface area contributed by atoms with Crippen LogP contribution in [0, 0.1) is 0 Å². The molecular formula is C11H11F3N2. The van der Waals surface area contributed by atoms with Crippen LogP contribution in [0.4, 0.5) is 13.2 Å². The van der Waals surface area contributed by atoms with Crippen molar-refractivity contribution in [2.45, 2.75) is 12.6 Å². The number of nitrogens with one attached hydrogen (secondary N) is 1. The van der Waals surface area contributed by atoms with Gasteiger partial charge < -0.3 is 5.32 Å². The molecule has 0 fully saturated rings. The van der Waals surface area contributed by atoms with Gasteiger partial charge in [0.15, 0.2) is 0 Å². The molecule has 1 heterocycles. The molecule has 0 aliphatic carbocycles. The Morgan fingerprint density at radius 2 is 2.12 bits per heavy atom. The molecule has 5 heteroatoms. The van der Waals surface area contributed by atoms with Gasteiger partial charge >= 0.3 is 6.18 Å². The standard InChI is InChI=1S/C11H11F3N2/c12-11(13,14)9-3-1-2-8(6-9)7-10-15-4-5-16-10/h1-3,6H,4-5,7H2,(H,15,16). The monoisotopic (exact) mass is 228 g/mol. The molecule has 1 aromatic carbocycles. The minimum atomic E-state index is -4.28. The Morgan fingerprint density at radius 1 is 1.31 bits per heavy atom. The van der Waals surface area contributed by atoms with Gasteiger partial charge in [-0.3, -0.25) is 4.99 Å². The molecular weight excluding hydrogens is 217 g/mol. The first-order chi connectivity index (χ1) is 7.55. The summed E-state index contributed by atoms with van der Waals surface area (Å²) < 4.78 is 37.3. The number of rotatable bonds is 2. The second-order valence-corrected chi connectivity index (χ2v) is 3.63. The zero-order chi connectivity index (χ0) is 11.6. The van der Waals surface area contributed by atoms with Crippen molar-refractivity contribution in [2.24, 2.45) is 4.99 Å². The van der Waals surface area contributed by atoms with Crippen LogP contribution in [0.3, 0.4) is 0 Å². The van der Waals surface area contributed by atoms with Crippen LogP contribution in [-0.4, -0.2) is 18.9 Å². The third-order valence-corrected chi connectivity index (χ3v) is 2.37.